The molecule has 0 aliphatic carbocycles. The lowest BCUT2D eigenvalue weighted by molar-refractivity contribution is 0.0999. The van der Waals surface area contributed by atoms with Crippen LogP contribution >= 0.6 is 11.6 Å². The van der Waals surface area contributed by atoms with Crippen LogP contribution in [-0.4, -0.2) is 10.5 Å². The number of primary amides is 1. The number of nitrogens with two attached hydrogens (primary N) is 1. The summed E-state index contributed by atoms with van der Waals surface area (Å²) in [7, 11) is 0. The fraction of sp³-hybridized carbons (Fsp3) is 0.267. The Balaban J connectivity index is 2.73. The molecule has 0 atom stereocenters. The number of amides is 1. The van der Waals surface area contributed by atoms with Gasteiger partial charge in [0.15, 0.2) is 0 Å². The monoisotopic (exact) mass is 276 g/mol. The first-order chi connectivity index (χ1) is 8.93. The predicted molar refractivity (Wildman–Crippen MR) is 78.5 cm³/mol. The Morgan fingerprint density at radius 1 is 1.32 bits per heavy atom. The van der Waals surface area contributed by atoms with E-state index in [9.17, 15) is 4.79 Å². The van der Waals surface area contributed by atoms with E-state index >= 15 is 0 Å². The molecular formula is C15H17ClN2O. The largest absolute Gasteiger partial charge is 0.366 e. The van der Waals surface area contributed by atoms with E-state index in [-0.39, 0.29) is 6.04 Å². The molecule has 3 nitrogen and oxygen atoms in total. The van der Waals surface area contributed by atoms with Crippen molar-refractivity contribution in [1.29, 1.82) is 0 Å². The quantitative estimate of drug-likeness (QED) is 0.911. The Labute approximate surface area is 118 Å². The molecule has 0 fully saturated rings. The van der Waals surface area contributed by atoms with Gasteiger partial charge in [-0.2, -0.15) is 0 Å². The van der Waals surface area contributed by atoms with E-state index in [1.165, 1.54) is 0 Å². The van der Waals surface area contributed by atoms with Crippen LogP contribution in [0.3, 0.4) is 0 Å². The summed E-state index contributed by atoms with van der Waals surface area (Å²) >= 11 is 6.25. The van der Waals surface area contributed by atoms with Gasteiger partial charge in [0.2, 0.25) is 0 Å². The summed E-state index contributed by atoms with van der Waals surface area (Å²) in [4.78, 5) is 11.5. The molecule has 0 bridgehead atoms. The van der Waals surface area contributed by atoms with Crippen molar-refractivity contribution in [3.63, 3.8) is 0 Å². The van der Waals surface area contributed by atoms with Gasteiger partial charge in [0.25, 0.3) is 5.91 Å². The third-order valence-electron chi connectivity index (χ3n) is 3.22. The molecule has 2 rings (SSSR count). The first kappa shape index (κ1) is 13.7. The summed E-state index contributed by atoms with van der Waals surface area (Å²) < 4.78 is 2.08. The molecule has 19 heavy (non-hydrogen) atoms. The smallest absolute Gasteiger partial charge is 0.250 e. The Bertz CT molecular complexity index is 629. The normalized spacial score (nSPS) is 11.0. The highest BCUT2D eigenvalue weighted by atomic mass is 35.5. The maximum Gasteiger partial charge on any atom is 0.250 e. The van der Waals surface area contributed by atoms with Gasteiger partial charge in [0, 0.05) is 22.3 Å². The predicted octanol–water partition coefficient (Wildman–Crippen LogP) is 3.80. The molecular weight excluding hydrogens is 260 g/mol. The summed E-state index contributed by atoms with van der Waals surface area (Å²) in [5.41, 5.74) is 8.68. The second-order valence-corrected chi connectivity index (χ2v) is 5.24. The molecule has 0 saturated carbocycles. The minimum atomic E-state index is -0.412. The standard InChI is InChI=1S/C15H17ClN2O/c1-9(2)18-10(3)12(15(17)19)8-14(18)11-6-4-5-7-13(11)16/h4-9H,1-3H3,(H2,17,19). The number of carbonyl (C=O) groups is 1. The minimum Gasteiger partial charge on any atom is -0.366 e. The van der Waals surface area contributed by atoms with Gasteiger partial charge in [0.1, 0.15) is 0 Å². The van der Waals surface area contributed by atoms with Crippen LogP contribution in [0, 0.1) is 6.92 Å². The highest BCUT2D eigenvalue weighted by Gasteiger charge is 2.19. The molecule has 1 amide bonds. The molecule has 0 aliphatic heterocycles. The first-order valence-corrected chi connectivity index (χ1v) is 6.57. The van der Waals surface area contributed by atoms with Gasteiger partial charge in [-0.05, 0) is 32.9 Å². The Morgan fingerprint density at radius 3 is 2.47 bits per heavy atom. The highest BCUT2D eigenvalue weighted by Crippen LogP contribution is 2.33. The summed E-state index contributed by atoms with van der Waals surface area (Å²) in [5, 5.41) is 0.665. The molecule has 2 N–H and O–H groups in total. The molecule has 4 heteroatoms. The van der Waals surface area contributed by atoms with E-state index in [1.54, 1.807) is 0 Å². The lowest BCUT2D eigenvalue weighted by atomic mass is 10.1. The molecule has 100 valence electrons. The molecule has 0 radical (unpaired) electrons. The maximum absolute atomic E-state index is 11.5. The second-order valence-electron chi connectivity index (χ2n) is 4.84. The zero-order valence-corrected chi connectivity index (χ0v) is 12.0. The fourth-order valence-electron chi connectivity index (χ4n) is 2.41. The molecule has 0 saturated heterocycles. The lowest BCUT2D eigenvalue weighted by Crippen LogP contribution is -2.13. The van der Waals surface area contributed by atoms with Crippen molar-refractivity contribution >= 4 is 17.5 Å². The molecule has 1 heterocycles. The number of hydrogen-bond acceptors (Lipinski definition) is 1. The summed E-state index contributed by atoms with van der Waals surface area (Å²) in [5.74, 6) is -0.412. The summed E-state index contributed by atoms with van der Waals surface area (Å²) in [6, 6.07) is 9.64. The van der Waals surface area contributed by atoms with Crippen LogP contribution in [0.5, 0.6) is 0 Å². The molecule has 1 aromatic carbocycles. The molecule has 1 aromatic heterocycles. The van der Waals surface area contributed by atoms with Crippen LogP contribution in [0.1, 0.15) is 35.9 Å². The van der Waals surface area contributed by atoms with Crippen LogP contribution in [0.25, 0.3) is 11.3 Å². The second kappa shape index (κ2) is 5.10. The van der Waals surface area contributed by atoms with E-state index in [0.29, 0.717) is 10.6 Å². The van der Waals surface area contributed by atoms with Gasteiger partial charge in [0.05, 0.1) is 11.3 Å². The van der Waals surface area contributed by atoms with E-state index in [2.05, 4.69) is 18.4 Å². The number of halogens is 1. The van der Waals surface area contributed by atoms with Gasteiger partial charge in [-0.1, -0.05) is 29.8 Å². The van der Waals surface area contributed by atoms with Crippen molar-refractivity contribution in [3.8, 4) is 11.3 Å². The number of hydrogen-bond donors (Lipinski definition) is 1. The van der Waals surface area contributed by atoms with Crippen molar-refractivity contribution in [3.05, 3.63) is 46.6 Å². The molecule has 0 aliphatic rings. The number of nitrogens with zero attached hydrogens (tertiary/aromatic N) is 1. The molecule has 0 unspecified atom stereocenters. The third kappa shape index (κ3) is 2.38. The van der Waals surface area contributed by atoms with Gasteiger partial charge in [-0.3, -0.25) is 4.79 Å². The van der Waals surface area contributed by atoms with E-state index in [0.717, 1.165) is 17.0 Å². The van der Waals surface area contributed by atoms with Crippen molar-refractivity contribution < 1.29 is 4.79 Å². The van der Waals surface area contributed by atoms with Crippen LogP contribution in [0.2, 0.25) is 5.02 Å². The van der Waals surface area contributed by atoms with Crippen LogP contribution < -0.4 is 5.73 Å². The molecule has 0 spiro atoms. The van der Waals surface area contributed by atoms with Crippen LogP contribution in [0.4, 0.5) is 0 Å². The van der Waals surface area contributed by atoms with Gasteiger partial charge >= 0.3 is 0 Å². The number of benzene rings is 1. The molecule has 2 aromatic rings. The van der Waals surface area contributed by atoms with Crippen molar-refractivity contribution in [2.24, 2.45) is 5.73 Å². The van der Waals surface area contributed by atoms with Gasteiger partial charge in [-0.25, -0.2) is 0 Å². The van der Waals surface area contributed by atoms with Crippen molar-refractivity contribution in [2.45, 2.75) is 26.8 Å². The van der Waals surface area contributed by atoms with Crippen molar-refractivity contribution in [2.75, 3.05) is 0 Å². The van der Waals surface area contributed by atoms with Crippen LogP contribution in [0.15, 0.2) is 30.3 Å². The zero-order chi connectivity index (χ0) is 14.2. The Morgan fingerprint density at radius 2 is 1.95 bits per heavy atom. The van der Waals surface area contributed by atoms with Crippen LogP contribution in [-0.2, 0) is 0 Å². The fourth-order valence-corrected chi connectivity index (χ4v) is 2.65. The third-order valence-corrected chi connectivity index (χ3v) is 3.55. The SMILES string of the molecule is Cc1c(C(N)=O)cc(-c2ccccc2Cl)n1C(C)C. The Kier molecular flexibility index (Phi) is 3.67. The van der Waals surface area contributed by atoms with E-state index in [4.69, 9.17) is 17.3 Å². The lowest BCUT2D eigenvalue weighted by Gasteiger charge is -2.16. The Hall–Kier alpha value is -1.74. The summed E-state index contributed by atoms with van der Waals surface area (Å²) in [6.45, 7) is 6.04. The number of rotatable bonds is 3. The highest BCUT2D eigenvalue weighted by molar-refractivity contribution is 6.33. The minimum absolute atomic E-state index is 0.222. The maximum atomic E-state index is 11.5. The van der Waals surface area contributed by atoms with Gasteiger partial charge < -0.3 is 10.3 Å². The number of aromatic nitrogens is 1. The topological polar surface area (TPSA) is 48.0 Å². The van der Waals surface area contributed by atoms with E-state index < -0.39 is 5.91 Å². The average molecular weight is 277 g/mol. The van der Waals surface area contributed by atoms with Crippen molar-refractivity contribution in [1.82, 2.24) is 4.57 Å². The zero-order valence-electron chi connectivity index (χ0n) is 11.3. The number of carbonyl (C=O) groups excluding carboxylic acids is 1. The average Bonchev–Trinajstić information content (AvgIpc) is 2.67. The first-order valence-electron chi connectivity index (χ1n) is 6.20. The van der Waals surface area contributed by atoms with E-state index in [1.807, 2.05) is 37.3 Å². The summed E-state index contributed by atoms with van der Waals surface area (Å²) in [6.07, 6.45) is 0. The van der Waals surface area contributed by atoms with Gasteiger partial charge in [-0.15, -0.1) is 0 Å².